The number of aryl methyl sites for hydroxylation is 1. The molecule has 1 N–H and O–H groups in total. The van der Waals surface area contributed by atoms with E-state index in [0.717, 1.165) is 38.0 Å². The van der Waals surface area contributed by atoms with Crippen LogP contribution < -0.4 is 15.8 Å². The molecule has 1 unspecified atom stereocenters. The second-order valence-corrected chi connectivity index (χ2v) is 5.41. The molecule has 1 aromatic rings. The zero-order chi connectivity index (χ0) is 15.1. The van der Waals surface area contributed by atoms with E-state index in [4.69, 9.17) is 4.74 Å². The Kier molecular flexibility index (Phi) is 6.20. The van der Waals surface area contributed by atoms with Crippen LogP contribution in [0, 0.1) is 0 Å². The molecular weight excluding hydrogens is 268 g/mol. The molecule has 6 heteroatoms. The van der Waals surface area contributed by atoms with Gasteiger partial charge >= 0.3 is 0 Å². The van der Waals surface area contributed by atoms with Crippen molar-refractivity contribution in [2.75, 3.05) is 38.3 Å². The summed E-state index contributed by atoms with van der Waals surface area (Å²) in [4.78, 5) is 14.3. The van der Waals surface area contributed by atoms with E-state index >= 15 is 0 Å². The van der Waals surface area contributed by atoms with E-state index in [1.165, 1.54) is 0 Å². The van der Waals surface area contributed by atoms with Crippen LogP contribution in [0.15, 0.2) is 17.1 Å². The summed E-state index contributed by atoms with van der Waals surface area (Å²) < 4.78 is 6.88. The molecule has 0 bridgehead atoms. The molecule has 0 spiro atoms. The van der Waals surface area contributed by atoms with Crippen LogP contribution in [-0.4, -0.2) is 49.2 Å². The number of rotatable bonds is 7. The maximum Gasteiger partial charge on any atom is 0.268 e. The summed E-state index contributed by atoms with van der Waals surface area (Å²) >= 11 is 0. The first-order chi connectivity index (χ1) is 10.2. The van der Waals surface area contributed by atoms with E-state index in [1.54, 1.807) is 16.9 Å². The molecule has 0 amide bonds. The van der Waals surface area contributed by atoms with Crippen molar-refractivity contribution in [1.82, 2.24) is 15.1 Å². The van der Waals surface area contributed by atoms with E-state index < -0.39 is 0 Å². The average Bonchev–Trinajstić information content (AvgIpc) is 2.53. The van der Waals surface area contributed by atoms with Gasteiger partial charge in [0.25, 0.3) is 5.56 Å². The molecule has 1 aliphatic rings. The van der Waals surface area contributed by atoms with Crippen molar-refractivity contribution in [2.24, 2.45) is 0 Å². The molecule has 0 aromatic carbocycles. The van der Waals surface area contributed by atoms with Crippen LogP contribution >= 0.6 is 0 Å². The number of nitrogens with zero attached hydrogens (tertiary/aromatic N) is 3. The highest BCUT2D eigenvalue weighted by Crippen LogP contribution is 2.11. The average molecular weight is 294 g/mol. The van der Waals surface area contributed by atoms with E-state index in [0.29, 0.717) is 25.8 Å². The predicted molar refractivity (Wildman–Crippen MR) is 83.9 cm³/mol. The van der Waals surface area contributed by atoms with E-state index in [-0.39, 0.29) is 5.56 Å². The molecule has 2 rings (SSSR count). The van der Waals surface area contributed by atoms with Crippen LogP contribution in [0.5, 0.6) is 0 Å². The normalized spacial score (nSPS) is 17.0. The number of nitrogens with one attached hydrogen (secondary N) is 1. The van der Waals surface area contributed by atoms with Gasteiger partial charge in [-0.1, -0.05) is 6.92 Å². The van der Waals surface area contributed by atoms with Gasteiger partial charge in [-0.2, -0.15) is 5.10 Å². The topological polar surface area (TPSA) is 59.4 Å². The lowest BCUT2D eigenvalue weighted by molar-refractivity contribution is 0.122. The van der Waals surface area contributed by atoms with Crippen molar-refractivity contribution in [3.8, 4) is 0 Å². The lowest BCUT2D eigenvalue weighted by atomic mass is 10.1. The van der Waals surface area contributed by atoms with Gasteiger partial charge in [0.05, 0.1) is 25.1 Å². The van der Waals surface area contributed by atoms with Gasteiger partial charge in [-0.15, -0.1) is 0 Å². The van der Waals surface area contributed by atoms with Gasteiger partial charge in [0.1, 0.15) is 0 Å². The highest BCUT2D eigenvalue weighted by molar-refractivity contribution is 5.43. The second-order valence-electron chi connectivity index (χ2n) is 5.41. The van der Waals surface area contributed by atoms with Crippen molar-refractivity contribution in [1.29, 1.82) is 0 Å². The number of morpholine rings is 1. The van der Waals surface area contributed by atoms with Crippen molar-refractivity contribution in [3.05, 3.63) is 22.6 Å². The molecule has 118 valence electrons. The van der Waals surface area contributed by atoms with Crippen LogP contribution in [0.3, 0.4) is 0 Å². The second kappa shape index (κ2) is 8.14. The number of hydrogen-bond acceptors (Lipinski definition) is 5. The van der Waals surface area contributed by atoms with Gasteiger partial charge in [-0.3, -0.25) is 4.79 Å². The lowest BCUT2D eigenvalue weighted by Gasteiger charge is -2.28. The minimum absolute atomic E-state index is 0.0171. The van der Waals surface area contributed by atoms with Crippen molar-refractivity contribution in [2.45, 2.75) is 38.8 Å². The van der Waals surface area contributed by atoms with Gasteiger partial charge in [0, 0.05) is 31.7 Å². The highest BCUT2D eigenvalue weighted by atomic mass is 16.5. The fourth-order valence-electron chi connectivity index (χ4n) is 2.63. The molecule has 1 atom stereocenters. The molecular formula is C15H26N4O2. The number of ether oxygens (including phenoxy) is 1. The van der Waals surface area contributed by atoms with Crippen molar-refractivity contribution in [3.63, 3.8) is 0 Å². The first kappa shape index (κ1) is 16.0. The Bertz CT molecular complexity index is 479. The Morgan fingerprint density at radius 3 is 2.81 bits per heavy atom. The van der Waals surface area contributed by atoms with E-state index in [2.05, 4.69) is 22.2 Å². The van der Waals surface area contributed by atoms with Crippen LogP contribution in [0.25, 0.3) is 0 Å². The first-order valence-corrected chi connectivity index (χ1v) is 7.81. The minimum atomic E-state index is -0.0171. The quantitative estimate of drug-likeness (QED) is 0.808. The standard InChI is InChI=1S/C15H26N4O2/c1-3-13(16-2)5-4-6-19-15(20)11-14(12-17-19)18-7-9-21-10-8-18/h11-13,16H,3-10H2,1-2H3. The lowest BCUT2D eigenvalue weighted by Crippen LogP contribution is -2.37. The Morgan fingerprint density at radius 2 is 2.19 bits per heavy atom. The molecule has 6 nitrogen and oxygen atoms in total. The fraction of sp³-hybridized carbons (Fsp3) is 0.733. The van der Waals surface area contributed by atoms with Gasteiger partial charge in [-0.25, -0.2) is 4.68 Å². The number of hydrogen-bond donors (Lipinski definition) is 1. The zero-order valence-electron chi connectivity index (χ0n) is 13.0. The maximum atomic E-state index is 12.1. The summed E-state index contributed by atoms with van der Waals surface area (Å²) in [6.07, 6.45) is 4.92. The molecule has 1 aliphatic heterocycles. The monoisotopic (exact) mass is 294 g/mol. The summed E-state index contributed by atoms with van der Waals surface area (Å²) in [6, 6.07) is 2.21. The zero-order valence-corrected chi connectivity index (χ0v) is 13.0. The van der Waals surface area contributed by atoms with Gasteiger partial charge in [0.2, 0.25) is 0 Å². The van der Waals surface area contributed by atoms with Crippen LogP contribution in [0.2, 0.25) is 0 Å². The highest BCUT2D eigenvalue weighted by Gasteiger charge is 2.12. The summed E-state index contributed by atoms with van der Waals surface area (Å²) in [6.45, 7) is 5.93. The largest absolute Gasteiger partial charge is 0.378 e. The summed E-state index contributed by atoms with van der Waals surface area (Å²) in [5.41, 5.74) is 0.887. The molecule has 1 aromatic heterocycles. The summed E-state index contributed by atoms with van der Waals surface area (Å²) in [5, 5.41) is 7.58. The molecule has 1 fully saturated rings. The van der Waals surface area contributed by atoms with Gasteiger partial charge in [-0.05, 0) is 26.3 Å². The van der Waals surface area contributed by atoms with Crippen molar-refractivity contribution >= 4 is 5.69 Å². The summed E-state index contributed by atoms with van der Waals surface area (Å²) in [7, 11) is 1.98. The maximum absolute atomic E-state index is 12.1. The Labute approximate surface area is 126 Å². The Hall–Kier alpha value is -1.40. The van der Waals surface area contributed by atoms with Gasteiger partial charge in [0.15, 0.2) is 0 Å². The minimum Gasteiger partial charge on any atom is -0.378 e. The number of aromatic nitrogens is 2. The molecule has 0 radical (unpaired) electrons. The summed E-state index contributed by atoms with van der Waals surface area (Å²) in [5.74, 6) is 0. The SMILES string of the molecule is CCC(CCCn1ncc(N2CCOCC2)cc1=O)NC. The van der Waals surface area contributed by atoms with Crippen LogP contribution in [0.1, 0.15) is 26.2 Å². The Morgan fingerprint density at radius 1 is 1.43 bits per heavy atom. The predicted octanol–water partition coefficient (Wildman–Crippen LogP) is 0.858. The number of anilines is 1. The first-order valence-electron chi connectivity index (χ1n) is 7.81. The molecule has 0 aliphatic carbocycles. The van der Waals surface area contributed by atoms with Crippen LogP contribution in [0.4, 0.5) is 5.69 Å². The van der Waals surface area contributed by atoms with E-state index in [1.807, 2.05) is 7.05 Å². The van der Waals surface area contributed by atoms with E-state index in [9.17, 15) is 4.79 Å². The van der Waals surface area contributed by atoms with Crippen LogP contribution in [-0.2, 0) is 11.3 Å². The third kappa shape index (κ3) is 4.54. The smallest absolute Gasteiger partial charge is 0.268 e. The molecule has 1 saturated heterocycles. The van der Waals surface area contributed by atoms with Crippen molar-refractivity contribution < 1.29 is 4.74 Å². The fourth-order valence-corrected chi connectivity index (χ4v) is 2.63. The van der Waals surface area contributed by atoms with Gasteiger partial charge < -0.3 is 15.0 Å². The third-order valence-electron chi connectivity index (χ3n) is 4.05. The molecule has 0 saturated carbocycles. The Balaban J connectivity index is 1.91. The third-order valence-corrected chi connectivity index (χ3v) is 4.05. The molecule has 21 heavy (non-hydrogen) atoms. The molecule has 2 heterocycles.